The molecule has 0 aromatic carbocycles. The average Bonchev–Trinajstić information content (AvgIpc) is 2.93. The first-order valence-corrected chi connectivity index (χ1v) is 7.54. The van der Waals surface area contributed by atoms with Gasteiger partial charge in [0, 0.05) is 23.7 Å². The Hall–Kier alpha value is -1.37. The SMILES string of the molecule is Cc1ccc(C(=O)Nc2nc3c(s2)C[C@@H](N)CC3)n1C.Cl. The Kier molecular flexibility index (Phi) is 4.70. The third-order valence-corrected chi connectivity index (χ3v) is 4.84. The third kappa shape index (κ3) is 3.12. The van der Waals surface area contributed by atoms with Crippen molar-refractivity contribution in [1.29, 1.82) is 0 Å². The Balaban J connectivity index is 0.00000161. The highest BCUT2D eigenvalue weighted by molar-refractivity contribution is 7.15. The molecule has 114 valence electrons. The number of hydrogen-bond donors (Lipinski definition) is 2. The van der Waals surface area contributed by atoms with Crippen molar-refractivity contribution < 1.29 is 4.79 Å². The number of carbonyl (C=O) groups excluding carboxylic acids is 1. The van der Waals surface area contributed by atoms with Crippen LogP contribution < -0.4 is 11.1 Å². The van der Waals surface area contributed by atoms with Crippen LogP contribution in [0.15, 0.2) is 12.1 Å². The van der Waals surface area contributed by atoms with Gasteiger partial charge in [0.2, 0.25) is 0 Å². The molecular weight excluding hydrogens is 308 g/mol. The smallest absolute Gasteiger partial charge is 0.274 e. The molecule has 0 bridgehead atoms. The molecule has 0 spiro atoms. The van der Waals surface area contributed by atoms with Gasteiger partial charge in [-0.1, -0.05) is 0 Å². The lowest BCUT2D eigenvalue weighted by atomic mass is 9.99. The minimum absolute atomic E-state index is 0. The highest BCUT2D eigenvalue weighted by Crippen LogP contribution is 2.29. The van der Waals surface area contributed by atoms with Crippen molar-refractivity contribution in [3.63, 3.8) is 0 Å². The van der Waals surface area contributed by atoms with Crippen molar-refractivity contribution >= 4 is 34.8 Å². The number of aryl methyl sites for hydroxylation is 2. The molecule has 3 N–H and O–H groups in total. The molecule has 0 fully saturated rings. The van der Waals surface area contributed by atoms with E-state index in [1.165, 1.54) is 4.88 Å². The van der Waals surface area contributed by atoms with Gasteiger partial charge in [-0.05, 0) is 38.3 Å². The topological polar surface area (TPSA) is 72.9 Å². The van der Waals surface area contributed by atoms with Crippen LogP contribution in [-0.4, -0.2) is 21.5 Å². The van der Waals surface area contributed by atoms with Gasteiger partial charge < -0.3 is 10.3 Å². The summed E-state index contributed by atoms with van der Waals surface area (Å²) in [7, 11) is 1.89. The van der Waals surface area contributed by atoms with Crippen LogP contribution in [0.5, 0.6) is 0 Å². The number of amides is 1. The first-order chi connectivity index (χ1) is 9.54. The second kappa shape index (κ2) is 6.17. The fourth-order valence-corrected chi connectivity index (χ4v) is 3.55. The van der Waals surface area contributed by atoms with E-state index in [2.05, 4.69) is 10.3 Å². The van der Waals surface area contributed by atoms with E-state index in [0.717, 1.165) is 30.7 Å². The number of anilines is 1. The number of aromatic nitrogens is 2. The summed E-state index contributed by atoms with van der Waals surface area (Å²) in [5.41, 5.74) is 8.76. The van der Waals surface area contributed by atoms with Crippen molar-refractivity contribution in [1.82, 2.24) is 9.55 Å². The summed E-state index contributed by atoms with van der Waals surface area (Å²) in [6.45, 7) is 1.97. The number of nitrogens with two attached hydrogens (primary N) is 1. The first-order valence-electron chi connectivity index (χ1n) is 6.72. The maximum absolute atomic E-state index is 12.2. The lowest BCUT2D eigenvalue weighted by Gasteiger charge is -2.15. The van der Waals surface area contributed by atoms with E-state index in [1.807, 2.05) is 30.7 Å². The summed E-state index contributed by atoms with van der Waals surface area (Å²) >= 11 is 1.54. The van der Waals surface area contributed by atoms with Crippen LogP contribution in [0, 0.1) is 6.92 Å². The number of carbonyl (C=O) groups is 1. The zero-order chi connectivity index (χ0) is 14.3. The van der Waals surface area contributed by atoms with Crippen LogP contribution in [-0.2, 0) is 19.9 Å². The second-order valence-electron chi connectivity index (χ2n) is 5.26. The van der Waals surface area contributed by atoms with E-state index in [1.54, 1.807) is 11.3 Å². The third-order valence-electron chi connectivity index (χ3n) is 3.80. The second-order valence-corrected chi connectivity index (χ2v) is 6.35. The molecule has 1 atom stereocenters. The molecular formula is C14H19ClN4OS. The maximum atomic E-state index is 12.2. The largest absolute Gasteiger partial charge is 0.344 e. The predicted octanol–water partition coefficient (Wildman–Crippen LogP) is 2.28. The molecule has 5 nitrogen and oxygen atoms in total. The van der Waals surface area contributed by atoms with E-state index >= 15 is 0 Å². The normalized spacial score (nSPS) is 17.0. The Morgan fingerprint density at radius 3 is 2.95 bits per heavy atom. The van der Waals surface area contributed by atoms with E-state index in [0.29, 0.717) is 10.8 Å². The summed E-state index contributed by atoms with van der Waals surface area (Å²) < 4.78 is 1.87. The average molecular weight is 327 g/mol. The summed E-state index contributed by atoms with van der Waals surface area (Å²) in [5, 5.41) is 3.57. The van der Waals surface area contributed by atoms with Crippen LogP contribution in [0.1, 0.15) is 33.2 Å². The van der Waals surface area contributed by atoms with Crippen molar-refractivity contribution in [3.8, 4) is 0 Å². The molecule has 0 saturated heterocycles. The van der Waals surface area contributed by atoms with Gasteiger partial charge >= 0.3 is 0 Å². The molecule has 2 aromatic heterocycles. The van der Waals surface area contributed by atoms with Gasteiger partial charge in [0.1, 0.15) is 5.69 Å². The summed E-state index contributed by atoms with van der Waals surface area (Å²) in [6, 6.07) is 3.98. The predicted molar refractivity (Wildman–Crippen MR) is 87.5 cm³/mol. The molecule has 21 heavy (non-hydrogen) atoms. The van der Waals surface area contributed by atoms with Gasteiger partial charge in [-0.2, -0.15) is 0 Å². The quantitative estimate of drug-likeness (QED) is 0.889. The van der Waals surface area contributed by atoms with E-state index < -0.39 is 0 Å². The molecule has 7 heteroatoms. The Labute approximate surface area is 134 Å². The molecule has 1 aliphatic carbocycles. The number of rotatable bonds is 2. The van der Waals surface area contributed by atoms with Crippen LogP contribution in [0.4, 0.5) is 5.13 Å². The highest BCUT2D eigenvalue weighted by atomic mass is 35.5. The maximum Gasteiger partial charge on any atom is 0.274 e. The van der Waals surface area contributed by atoms with Crippen molar-refractivity contribution in [2.45, 2.75) is 32.2 Å². The Bertz CT molecular complexity index is 664. The number of nitrogens with one attached hydrogen (secondary N) is 1. The van der Waals surface area contributed by atoms with Gasteiger partial charge in [0.15, 0.2) is 5.13 Å². The van der Waals surface area contributed by atoms with E-state index in [4.69, 9.17) is 5.73 Å². The number of fused-ring (bicyclic) bond motifs is 1. The van der Waals surface area contributed by atoms with Crippen molar-refractivity contribution in [2.75, 3.05) is 5.32 Å². The molecule has 2 heterocycles. The zero-order valence-corrected chi connectivity index (χ0v) is 13.7. The summed E-state index contributed by atoms with van der Waals surface area (Å²) in [4.78, 5) is 18.0. The fourth-order valence-electron chi connectivity index (χ4n) is 2.46. The lowest BCUT2D eigenvalue weighted by molar-refractivity contribution is 0.101. The van der Waals surface area contributed by atoms with Crippen molar-refractivity contribution in [3.05, 3.63) is 34.1 Å². The van der Waals surface area contributed by atoms with Crippen LogP contribution in [0.2, 0.25) is 0 Å². The van der Waals surface area contributed by atoms with E-state index in [-0.39, 0.29) is 24.4 Å². The Morgan fingerprint density at radius 1 is 1.52 bits per heavy atom. The molecule has 1 aliphatic rings. The zero-order valence-electron chi connectivity index (χ0n) is 12.0. The highest BCUT2D eigenvalue weighted by Gasteiger charge is 2.21. The van der Waals surface area contributed by atoms with Gasteiger partial charge in [-0.3, -0.25) is 10.1 Å². The number of hydrogen-bond acceptors (Lipinski definition) is 4. The van der Waals surface area contributed by atoms with Crippen LogP contribution in [0.3, 0.4) is 0 Å². The molecule has 1 amide bonds. The molecule has 0 radical (unpaired) electrons. The molecule has 0 saturated carbocycles. The fraction of sp³-hybridized carbons (Fsp3) is 0.429. The minimum atomic E-state index is -0.115. The van der Waals surface area contributed by atoms with Crippen LogP contribution in [0.25, 0.3) is 0 Å². The van der Waals surface area contributed by atoms with Gasteiger partial charge in [-0.15, -0.1) is 23.7 Å². The molecule has 0 aliphatic heterocycles. The standard InChI is InChI=1S/C14H18N4OS.ClH/c1-8-3-6-11(18(8)2)13(19)17-14-16-10-5-4-9(15)7-12(10)20-14;/h3,6,9H,4-5,7,15H2,1-2H3,(H,16,17,19);1H/t9-;/m0./s1. The van der Waals surface area contributed by atoms with Gasteiger partial charge in [0.25, 0.3) is 5.91 Å². The lowest BCUT2D eigenvalue weighted by Crippen LogP contribution is -2.27. The van der Waals surface area contributed by atoms with Crippen molar-refractivity contribution in [2.24, 2.45) is 12.8 Å². The summed E-state index contributed by atoms with van der Waals surface area (Å²) in [6.07, 6.45) is 2.75. The molecule has 0 unspecified atom stereocenters. The first kappa shape index (κ1) is 16.0. The molecule has 2 aromatic rings. The number of nitrogens with zero attached hydrogens (tertiary/aromatic N) is 2. The molecule has 3 rings (SSSR count). The van der Waals surface area contributed by atoms with E-state index in [9.17, 15) is 4.79 Å². The van der Waals surface area contributed by atoms with Crippen LogP contribution >= 0.6 is 23.7 Å². The van der Waals surface area contributed by atoms with Gasteiger partial charge in [0.05, 0.1) is 5.69 Å². The number of halogens is 1. The monoisotopic (exact) mass is 326 g/mol. The number of thiazole rings is 1. The Morgan fingerprint density at radius 2 is 2.29 bits per heavy atom. The van der Waals surface area contributed by atoms with Gasteiger partial charge in [-0.25, -0.2) is 4.98 Å². The summed E-state index contributed by atoms with van der Waals surface area (Å²) in [5.74, 6) is -0.115. The minimum Gasteiger partial charge on any atom is -0.344 e.